The van der Waals surface area contributed by atoms with Gasteiger partial charge in [0, 0.05) is 18.8 Å². The number of hydrogen-bond donors (Lipinski definition) is 3. The van der Waals surface area contributed by atoms with Crippen molar-refractivity contribution in [3.63, 3.8) is 0 Å². The van der Waals surface area contributed by atoms with Crippen molar-refractivity contribution in [1.29, 1.82) is 0 Å². The zero-order valence-electron chi connectivity index (χ0n) is 16.4. The first-order chi connectivity index (χ1) is 14.4. The standard InChI is InChI=1S/C19H22F3N3O5S/c1-3-16(17(12(2)23)18(26)24-27)31(28,29)25-10-8-15(9-11-25)30-14-6-4-13(5-7-14)19(20,21)22/h3-7,15,27H,1-2,8-11,23H2,(H,24,26)/b17-16-. The fourth-order valence-electron chi connectivity index (χ4n) is 3.05. The highest BCUT2D eigenvalue weighted by Crippen LogP contribution is 2.31. The quantitative estimate of drug-likeness (QED) is 0.248. The Bertz CT molecular complexity index is 980. The second kappa shape index (κ2) is 9.54. The van der Waals surface area contributed by atoms with Crippen LogP contribution in [0.2, 0.25) is 0 Å². The van der Waals surface area contributed by atoms with Crippen LogP contribution in [0.15, 0.2) is 59.7 Å². The molecule has 0 bridgehead atoms. The Hall–Kier alpha value is -2.83. The summed E-state index contributed by atoms with van der Waals surface area (Å²) >= 11 is 0. The van der Waals surface area contributed by atoms with Gasteiger partial charge in [-0.25, -0.2) is 13.9 Å². The molecule has 0 aliphatic carbocycles. The molecule has 1 aromatic carbocycles. The fourth-order valence-corrected chi connectivity index (χ4v) is 4.71. The van der Waals surface area contributed by atoms with Gasteiger partial charge in [-0.2, -0.15) is 17.5 Å². The van der Waals surface area contributed by atoms with Crippen LogP contribution in [0.5, 0.6) is 5.75 Å². The minimum absolute atomic E-state index is 0.0239. The molecule has 170 valence electrons. The smallest absolute Gasteiger partial charge is 0.416 e. The third-order valence-electron chi connectivity index (χ3n) is 4.58. The lowest BCUT2D eigenvalue weighted by atomic mass is 10.1. The second-order valence-corrected chi connectivity index (χ2v) is 8.56. The first-order valence-electron chi connectivity index (χ1n) is 9.01. The number of allylic oxidation sites excluding steroid dienone is 1. The van der Waals surface area contributed by atoms with Crippen molar-refractivity contribution >= 4 is 15.9 Å². The second-order valence-electron chi connectivity index (χ2n) is 6.65. The summed E-state index contributed by atoms with van der Waals surface area (Å²) < 4.78 is 70.6. The Kier molecular flexibility index (Phi) is 7.52. The van der Waals surface area contributed by atoms with Crippen molar-refractivity contribution in [2.75, 3.05) is 13.1 Å². The van der Waals surface area contributed by atoms with Crippen molar-refractivity contribution in [2.45, 2.75) is 25.1 Å². The molecule has 0 aromatic heterocycles. The highest BCUT2D eigenvalue weighted by atomic mass is 32.2. The van der Waals surface area contributed by atoms with Crippen molar-refractivity contribution in [2.24, 2.45) is 5.73 Å². The number of nitrogens with one attached hydrogen (secondary N) is 1. The number of amides is 1. The lowest BCUT2D eigenvalue weighted by Crippen LogP contribution is -2.42. The van der Waals surface area contributed by atoms with E-state index in [1.807, 2.05) is 0 Å². The number of alkyl halides is 3. The van der Waals surface area contributed by atoms with Crippen LogP contribution in [0.1, 0.15) is 18.4 Å². The number of piperidine rings is 1. The van der Waals surface area contributed by atoms with Gasteiger partial charge in [-0.15, -0.1) is 0 Å². The normalized spacial score (nSPS) is 16.9. The molecule has 1 heterocycles. The minimum atomic E-state index is -4.45. The van der Waals surface area contributed by atoms with Gasteiger partial charge < -0.3 is 10.5 Å². The molecule has 0 unspecified atom stereocenters. The van der Waals surface area contributed by atoms with Crippen molar-refractivity contribution < 1.29 is 36.3 Å². The minimum Gasteiger partial charge on any atom is -0.490 e. The number of sulfonamides is 1. The molecule has 1 saturated heterocycles. The number of hydroxylamine groups is 1. The molecule has 12 heteroatoms. The molecule has 1 aliphatic heterocycles. The van der Waals surface area contributed by atoms with Gasteiger partial charge in [-0.1, -0.05) is 13.2 Å². The largest absolute Gasteiger partial charge is 0.490 e. The van der Waals surface area contributed by atoms with E-state index in [2.05, 4.69) is 13.2 Å². The van der Waals surface area contributed by atoms with Gasteiger partial charge in [0.15, 0.2) is 0 Å². The summed E-state index contributed by atoms with van der Waals surface area (Å²) in [4.78, 5) is 11.3. The van der Waals surface area contributed by atoms with Gasteiger partial charge in [0.1, 0.15) is 11.9 Å². The van der Waals surface area contributed by atoms with Crippen LogP contribution in [-0.2, 0) is 21.0 Å². The van der Waals surface area contributed by atoms with Crippen LogP contribution in [0.4, 0.5) is 13.2 Å². The summed E-state index contributed by atoms with van der Waals surface area (Å²) in [5.41, 5.74) is 5.15. The Morgan fingerprint density at radius 3 is 2.23 bits per heavy atom. The average Bonchev–Trinajstić information content (AvgIpc) is 2.71. The van der Waals surface area contributed by atoms with E-state index in [1.54, 1.807) is 0 Å². The number of carbonyl (C=O) groups excluding carboxylic acids is 1. The Balaban J connectivity index is 2.12. The van der Waals surface area contributed by atoms with Gasteiger partial charge in [-0.3, -0.25) is 10.0 Å². The first-order valence-corrected chi connectivity index (χ1v) is 10.5. The molecule has 1 fully saturated rings. The molecule has 4 N–H and O–H groups in total. The highest BCUT2D eigenvalue weighted by Gasteiger charge is 2.34. The molecule has 31 heavy (non-hydrogen) atoms. The number of halogens is 3. The fraction of sp³-hybridized carbons (Fsp3) is 0.316. The van der Waals surface area contributed by atoms with E-state index in [0.717, 1.165) is 22.5 Å². The average molecular weight is 461 g/mol. The molecule has 0 saturated carbocycles. The van der Waals surface area contributed by atoms with E-state index in [4.69, 9.17) is 15.7 Å². The molecular formula is C19H22F3N3O5S. The van der Waals surface area contributed by atoms with Crippen molar-refractivity contribution in [3.05, 3.63) is 65.2 Å². The number of ether oxygens (including phenoxy) is 1. The van der Waals surface area contributed by atoms with E-state index in [1.165, 1.54) is 17.6 Å². The van der Waals surface area contributed by atoms with Crippen LogP contribution in [-0.4, -0.2) is 43.0 Å². The van der Waals surface area contributed by atoms with Gasteiger partial charge in [0.25, 0.3) is 5.91 Å². The SMILES string of the molecule is C=C/C(=C(\C(=C)N)C(=O)NO)S(=O)(=O)N1CCC(Oc2ccc(C(F)(F)F)cc2)CC1. The third kappa shape index (κ3) is 5.66. The maximum Gasteiger partial charge on any atom is 0.416 e. The maximum atomic E-state index is 13.0. The Morgan fingerprint density at radius 1 is 1.26 bits per heavy atom. The van der Waals surface area contributed by atoms with Gasteiger partial charge in [-0.05, 0) is 43.2 Å². The van der Waals surface area contributed by atoms with Crippen LogP contribution >= 0.6 is 0 Å². The monoisotopic (exact) mass is 461 g/mol. The molecule has 0 radical (unpaired) electrons. The highest BCUT2D eigenvalue weighted by molar-refractivity contribution is 7.93. The lowest BCUT2D eigenvalue weighted by Gasteiger charge is -2.32. The maximum absolute atomic E-state index is 13.0. The zero-order valence-corrected chi connectivity index (χ0v) is 17.2. The number of nitrogens with zero attached hydrogens (tertiary/aromatic N) is 1. The Morgan fingerprint density at radius 2 is 1.81 bits per heavy atom. The van der Waals surface area contributed by atoms with E-state index >= 15 is 0 Å². The number of nitrogens with two attached hydrogens (primary N) is 1. The van der Waals surface area contributed by atoms with Gasteiger partial charge >= 0.3 is 6.18 Å². The predicted molar refractivity (Wildman–Crippen MR) is 106 cm³/mol. The van der Waals surface area contributed by atoms with Gasteiger partial charge in [0.05, 0.1) is 16.0 Å². The Labute approximate surface area is 177 Å². The molecule has 2 rings (SSSR count). The van der Waals surface area contributed by atoms with Crippen LogP contribution in [0.3, 0.4) is 0 Å². The molecular weight excluding hydrogens is 439 g/mol. The topological polar surface area (TPSA) is 122 Å². The number of carbonyl (C=O) groups is 1. The summed E-state index contributed by atoms with van der Waals surface area (Å²) in [5, 5.41) is 8.86. The third-order valence-corrected chi connectivity index (χ3v) is 6.56. The van der Waals surface area contributed by atoms with E-state index in [9.17, 15) is 26.4 Å². The predicted octanol–water partition coefficient (Wildman–Crippen LogP) is 2.30. The number of benzene rings is 1. The van der Waals surface area contributed by atoms with E-state index in [0.29, 0.717) is 0 Å². The molecule has 1 amide bonds. The zero-order chi connectivity index (χ0) is 23.4. The summed E-state index contributed by atoms with van der Waals surface area (Å²) in [5.74, 6) is -0.909. The van der Waals surface area contributed by atoms with E-state index < -0.39 is 44.3 Å². The van der Waals surface area contributed by atoms with Crippen LogP contribution < -0.4 is 16.0 Å². The van der Waals surface area contributed by atoms with Gasteiger partial charge in [0.2, 0.25) is 10.0 Å². The molecule has 1 aliphatic rings. The summed E-state index contributed by atoms with van der Waals surface area (Å²) in [6, 6.07) is 4.22. The van der Waals surface area contributed by atoms with E-state index in [-0.39, 0.29) is 37.4 Å². The molecule has 0 spiro atoms. The van der Waals surface area contributed by atoms with Crippen LogP contribution in [0.25, 0.3) is 0 Å². The molecule has 1 aromatic rings. The number of hydrogen-bond acceptors (Lipinski definition) is 6. The summed E-state index contributed by atoms with van der Waals surface area (Å²) in [6.07, 6.45) is -3.41. The first kappa shape index (κ1) is 24.4. The van der Waals surface area contributed by atoms with Crippen molar-refractivity contribution in [3.8, 4) is 5.75 Å². The summed E-state index contributed by atoms with van der Waals surface area (Å²) in [7, 11) is -4.19. The number of rotatable bonds is 7. The van der Waals surface area contributed by atoms with Crippen LogP contribution in [0, 0.1) is 0 Å². The lowest BCUT2D eigenvalue weighted by molar-refractivity contribution is -0.137. The van der Waals surface area contributed by atoms with Crippen molar-refractivity contribution in [1.82, 2.24) is 9.79 Å². The summed E-state index contributed by atoms with van der Waals surface area (Å²) in [6.45, 7) is 6.82. The molecule has 0 atom stereocenters. The molecule has 8 nitrogen and oxygen atoms in total.